The molecule has 0 aromatic carbocycles. The molecule has 60 valence electrons. The first kappa shape index (κ1) is 7.84. The Hall–Kier alpha value is -1.26. The third kappa shape index (κ3) is 2.10. The molecular formula is C6H10N4O. The molecule has 0 spiro atoms. The summed E-state index contributed by atoms with van der Waals surface area (Å²) in [7, 11) is 0. The van der Waals surface area contributed by atoms with Crippen molar-refractivity contribution in [2.24, 2.45) is 0 Å². The van der Waals surface area contributed by atoms with E-state index in [1.165, 1.54) is 11.7 Å². The molecule has 0 bridgehead atoms. The van der Waals surface area contributed by atoms with Crippen LogP contribution in [0.5, 0.6) is 0 Å². The Morgan fingerprint density at radius 1 is 1.64 bits per heavy atom. The standard InChI is InChI=1S/C6H10N4O/c1-3-10-8-6(7-9-10)4-5(2)11/h3-4H2,1-2H3. The Bertz CT molecular complexity index is 255. The first-order valence-electron chi connectivity index (χ1n) is 3.48. The highest BCUT2D eigenvalue weighted by atomic mass is 16.1. The van der Waals surface area contributed by atoms with Crippen molar-refractivity contribution in [2.75, 3.05) is 0 Å². The summed E-state index contributed by atoms with van der Waals surface area (Å²) >= 11 is 0. The van der Waals surface area contributed by atoms with Gasteiger partial charge in [-0.2, -0.15) is 4.80 Å². The van der Waals surface area contributed by atoms with E-state index >= 15 is 0 Å². The number of rotatable bonds is 3. The number of ketones is 1. The van der Waals surface area contributed by atoms with Crippen LogP contribution in [0.1, 0.15) is 19.7 Å². The van der Waals surface area contributed by atoms with E-state index in [9.17, 15) is 4.79 Å². The molecule has 0 aliphatic carbocycles. The van der Waals surface area contributed by atoms with E-state index in [-0.39, 0.29) is 12.2 Å². The van der Waals surface area contributed by atoms with E-state index < -0.39 is 0 Å². The normalized spacial score (nSPS) is 10.0. The number of aromatic nitrogens is 4. The molecule has 0 N–H and O–H groups in total. The van der Waals surface area contributed by atoms with E-state index in [1.807, 2.05) is 6.92 Å². The number of aryl methyl sites for hydroxylation is 1. The zero-order valence-electron chi connectivity index (χ0n) is 6.61. The number of hydrogen-bond donors (Lipinski definition) is 0. The van der Waals surface area contributed by atoms with Gasteiger partial charge in [0.05, 0.1) is 13.0 Å². The summed E-state index contributed by atoms with van der Waals surface area (Å²) in [5.74, 6) is 0.556. The van der Waals surface area contributed by atoms with Crippen LogP contribution >= 0.6 is 0 Å². The lowest BCUT2D eigenvalue weighted by Gasteiger charge is -1.86. The number of nitrogens with zero attached hydrogens (tertiary/aromatic N) is 4. The smallest absolute Gasteiger partial charge is 0.182 e. The minimum Gasteiger partial charge on any atom is -0.300 e. The summed E-state index contributed by atoms with van der Waals surface area (Å²) in [6.45, 7) is 4.11. The zero-order chi connectivity index (χ0) is 8.27. The summed E-state index contributed by atoms with van der Waals surface area (Å²) < 4.78 is 0. The van der Waals surface area contributed by atoms with Crippen molar-refractivity contribution in [3.05, 3.63) is 5.82 Å². The Kier molecular flexibility index (Phi) is 2.30. The second kappa shape index (κ2) is 3.23. The molecule has 0 aliphatic rings. The van der Waals surface area contributed by atoms with Crippen LogP contribution in [-0.4, -0.2) is 26.0 Å². The lowest BCUT2D eigenvalue weighted by Crippen LogP contribution is -2.01. The van der Waals surface area contributed by atoms with Gasteiger partial charge < -0.3 is 0 Å². The van der Waals surface area contributed by atoms with Crippen molar-refractivity contribution >= 4 is 5.78 Å². The van der Waals surface area contributed by atoms with Gasteiger partial charge in [0.1, 0.15) is 5.78 Å². The van der Waals surface area contributed by atoms with Gasteiger partial charge in [-0.25, -0.2) is 0 Å². The van der Waals surface area contributed by atoms with Crippen LogP contribution in [0.15, 0.2) is 0 Å². The molecule has 0 amide bonds. The van der Waals surface area contributed by atoms with Gasteiger partial charge in [0.25, 0.3) is 0 Å². The number of carbonyl (C=O) groups is 1. The Labute approximate surface area is 64.4 Å². The molecule has 0 saturated heterocycles. The average molecular weight is 154 g/mol. The summed E-state index contributed by atoms with van der Waals surface area (Å²) in [6.07, 6.45) is 0.278. The Morgan fingerprint density at radius 3 is 2.82 bits per heavy atom. The second-order valence-electron chi connectivity index (χ2n) is 2.27. The van der Waals surface area contributed by atoms with Crippen LogP contribution in [0, 0.1) is 0 Å². The van der Waals surface area contributed by atoms with Gasteiger partial charge in [-0.15, -0.1) is 10.2 Å². The van der Waals surface area contributed by atoms with Gasteiger partial charge in [0, 0.05) is 0 Å². The number of carbonyl (C=O) groups excluding carboxylic acids is 1. The highest BCUT2D eigenvalue weighted by molar-refractivity contribution is 5.77. The van der Waals surface area contributed by atoms with Crippen LogP contribution in [0.2, 0.25) is 0 Å². The molecule has 0 aliphatic heterocycles. The predicted molar refractivity (Wildman–Crippen MR) is 37.9 cm³/mol. The monoisotopic (exact) mass is 154 g/mol. The molecular weight excluding hydrogens is 144 g/mol. The molecule has 11 heavy (non-hydrogen) atoms. The molecule has 0 radical (unpaired) electrons. The van der Waals surface area contributed by atoms with E-state index in [4.69, 9.17) is 0 Å². The van der Waals surface area contributed by atoms with Gasteiger partial charge in [0.15, 0.2) is 5.82 Å². The predicted octanol–water partition coefficient (Wildman–Crippen LogP) is -0.175. The van der Waals surface area contributed by atoms with Crippen LogP contribution in [0.25, 0.3) is 0 Å². The fourth-order valence-corrected chi connectivity index (χ4v) is 0.704. The summed E-state index contributed by atoms with van der Waals surface area (Å²) in [6, 6.07) is 0. The topological polar surface area (TPSA) is 60.7 Å². The number of hydrogen-bond acceptors (Lipinski definition) is 4. The molecule has 5 heteroatoms. The summed E-state index contributed by atoms with van der Waals surface area (Å²) in [4.78, 5) is 12.1. The lowest BCUT2D eigenvalue weighted by atomic mass is 10.3. The minimum absolute atomic E-state index is 0.0562. The maximum Gasteiger partial charge on any atom is 0.182 e. The maximum atomic E-state index is 10.6. The minimum atomic E-state index is 0.0562. The van der Waals surface area contributed by atoms with Gasteiger partial charge in [-0.05, 0) is 19.1 Å². The van der Waals surface area contributed by atoms with Gasteiger partial charge in [0.2, 0.25) is 0 Å². The molecule has 5 nitrogen and oxygen atoms in total. The van der Waals surface area contributed by atoms with Crippen molar-refractivity contribution in [3.63, 3.8) is 0 Å². The summed E-state index contributed by atoms with van der Waals surface area (Å²) in [5.41, 5.74) is 0. The highest BCUT2D eigenvalue weighted by Crippen LogP contribution is 1.88. The largest absolute Gasteiger partial charge is 0.300 e. The second-order valence-corrected chi connectivity index (χ2v) is 2.27. The fourth-order valence-electron chi connectivity index (χ4n) is 0.704. The Balaban J connectivity index is 2.65. The lowest BCUT2D eigenvalue weighted by molar-refractivity contribution is -0.116. The van der Waals surface area contributed by atoms with Crippen molar-refractivity contribution in [1.29, 1.82) is 0 Å². The molecule has 0 atom stereocenters. The van der Waals surface area contributed by atoms with Crippen molar-refractivity contribution < 1.29 is 4.79 Å². The summed E-state index contributed by atoms with van der Waals surface area (Å²) in [5, 5.41) is 11.3. The zero-order valence-corrected chi connectivity index (χ0v) is 6.61. The first-order valence-corrected chi connectivity index (χ1v) is 3.48. The van der Waals surface area contributed by atoms with E-state index in [1.54, 1.807) is 0 Å². The van der Waals surface area contributed by atoms with Crippen LogP contribution < -0.4 is 0 Å². The quantitative estimate of drug-likeness (QED) is 0.606. The maximum absolute atomic E-state index is 10.6. The molecule has 0 unspecified atom stereocenters. The van der Waals surface area contributed by atoms with E-state index in [2.05, 4.69) is 15.4 Å². The van der Waals surface area contributed by atoms with Crippen molar-refractivity contribution in [3.8, 4) is 0 Å². The van der Waals surface area contributed by atoms with Crippen molar-refractivity contribution in [2.45, 2.75) is 26.8 Å². The number of Topliss-reactive ketones (excluding diaryl/α,β-unsaturated/α-hetero) is 1. The SMILES string of the molecule is CCn1nnc(CC(C)=O)n1. The Morgan fingerprint density at radius 2 is 2.36 bits per heavy atom. The van der Waals surface area contributed by atoms with Crippen LogP contribution in [0.3, 0.4) is 0 Å². The van der Waals surface area contributed by atoms with Gasteiger partial charge >= 0.3 is 0 Å². The number of tetrazole rings is 1. The molecule has 1 rings (SSSR count). The molecule has 0 saturated carbocycles. The molecule has 1 aromatic heterocycles. The van der Waals surface area contributed by atoms with E-state index in [0.29, 0.717) is 12.4 Å². The van der Waals surface area contributed by atoms with Crippen LogP contribution in [-0.2, 0) is 17.8 Å². The highest BCUT2D eigenvalue weighted by Gasteiger charge is 2.03. The third-order valence-electron chi connectivity index (χ3n) is 1.18. The molecule has 0 fully saturated rings. The van der Waals surface area contributed by atoms with Crippen LogP contribution in [0.4, 0.5) is 0 Å². The average Bonchev–Trinajstić information content (AvgIpc) is 2.34. The van der Waals surface area contributed by atoms with Gasteiger partial charge in [-0.3, -0.25) is 4.79 Å². The first-order chi connectivity index (χ1) is 5.22. The third-order valence-corrected chi connectivity index (χ3v) is 1.18. The molecule has 1 aromatic rings. The van der Waals surface area contributed by atoms with E-state index in [0.717, 1.165) is 0 Å². The van der Waals surface area contributed by atoms with Crippen molar-refractivity contribution in [1.82, 2.24) is 20.2 Å². The van der Waals surface area contributed by atoms with Gasteiger partial charge in [-0.1, -0.05) is 0 Å². The fraction of sp³-hybridized carbons (Fsp3) is 0.667. The molecule has 1 heterocycles.